The molecule has 0 saturated carbocycles. The summed E-state index contributed by atoms with van der Waals surface area (Å²) in [4.78, 5) is 0. The Balaban J connectivity index is 2.49. The number of hydrogen-bond donors (Lipinski definition) is 0. The van der Waals surface area contributed by atoms with Crippen LogP contribution in [0.3, 0.4) is 0 Å². The largest absolute Gasteiger partial charge is 0.238 e. The molecular weight excluding hydrogens is 219 g/mol. The van der Waals surface area contributed by atoms with E-state index in [1.165, 1.54) is 5.56 Å². The highest BCUT2D eigenvalue weighted by atomic mass is 79.9. The third-order valence-corrected chi connectivity index (χ3v) is 3.39. The SMILES string of the molecule is FC1(CBr)CCc2ccccc21. The molecule has 0 saturated heterocycles. The van der Waals surface area contributed by atoms with Crippen molar-refractivity contribution in [2.45, 2.75) is 18.5 Å². The van der Waals surface area contributed by atoms with Crippen LogP contribution in [0.15, 0.2) is 24.3 Å². The molecule has 0 bridgehead atoms. The molecule has 0 N–H and O–H groups in total. The van der Waals surface area contributed by atoms with E-state index in [2.05, 4.69) is 15.9 Å². The molecule has 1 unspecified atom stereocenters. The number of hydrogen-bond acceptors (Lipinski definition) is 0. The van der Waals surface area contributed by atoms with Gasteiger partial charge in [-0.2, -0.15) is 0 Å². The van der Waals surface area contributed by atoms with Gasteiger partial charge in [-0.15, -0.1) is 0 Å². The van der Waals surface area contributed by atoms with Gasteiger partial charge in [0.15, 0.2) is 0 Å². The Bertz CT molecular complexity index is 298. The molecule has 0 fully saturated rings. The average Bonchev–Trinajstić information content (AvgIpc) is 2.46. The maximum absolute atomic E-state index is 14.0. The van der Waals surface area contributed by atoms with Crippen molar-refractivity contribution < 1.29 is 4.39 Å². The van der Waals surface area contributed by atoms with Crippen LogP contribution in [0.1, 0.15) is 17.5 Å². The van der Waals surface area contributed by atoms with Crippen LogP contribution in [-0.4, -0.2) is 5.33 Å². The first kappa shape index (κ1) is 8.24. The van der Waals surface area contributed by atoms with Gasteiger partial charge in [-0.25, -0.2) is 4.39 Å². The van der Waals surface area contributed by atoms with Gasteiger partial charge < -0.3 is 0 Å². The van der Waals surface area contributed by atoms with E-state index in [0.717, 1.165) is 12.0 Å². The summed E-state index contributed by atoms with van der Waals surface area (Å²) in [5.74, 6) is 0. The molecule has 0 nitrogen and oxygen atoms in total. The number of rotatable bonds is 1. The molecule has 64 valence electrons. The Morgan fingerprint density at radius 2 is 2.17 bits per heavy atom. The van der Waals surface area contributed by atoms with Gasteiger partial charge in [0.1, 0.15) is 5.67 Å². The molecule has 2 rings (SSSR count). The molecular formula is C10H10BrF. The summed E-state index contributed by atoms with van der Waals surface area (Å²) < 4.78 is 14.0. The van der Waals surface area contributed by atoms with Crippen molar-refractivity contribution in [1.29, 1.82) is 0 Å². The lowest BCUT2D eigenvalue weighted by Crippen LogP contribution is -2.17. The molecule has 1 aromatic carbocycles. The molecule has 0 amide bonds. The molecule has 1 aliphatic rings. The Morgan fingerprint density at radius 3 is 2.92 bits per heavy atom. The average molecular weight is 229 g/mol. The Labute approximate surface area is 79.9 Å². The number of alkyl halides is 2. The highest BCUT2D eigenvalue weighted by molar-refractivity contribution is 9.09. The summed E-state index contributed by atoms with van der Waals surface area (Å²) in [5, 5.41) is 0.414. The fraction of sp³-hybridized carbons (Fsp3) is 0.400. The second kappa shape index (κ2) is 2.84. The van der Waals surface area contributed by atoms with Crippen LogP contribution in [-0.2, 0) is 12.1 Å². The lowest BCUT2D eigenvalue weighted by atomic mass is 10.0. The van der Waals surface area contributed by atoms with Gasteiger partial charge in [0, 0.05) is 5.33 Å². The van der Waals surface area contributed by atoms with Gasteiger partial charge >= 0.3 is 0 Å². The molecule has 1 aliphatic carbocycles. The summed E-state index contributed by atoms with van der Waals surface area (Å²) in [7, 11) is 0. The zero-order chi connectivity index (χ0) is 8.60. The predicted octanol–water partition coefficient (Wildman–Crippen LogP) is 3.19. The summed E-state index contributed by atoms with van der Waals surface area (Å²) in [6.45, 7) is 0. The van der Waals surface area contributed by atoms with Crippen LogP contribution in [0.5, 0.6) is 0 Å². The molecule has 0 aliphatic heterocycles. The molecule has 2 heteroatoms. The molecule has 1 atom stereocenters. The van der Waals surface area contributed by atoms with Crippen molar-refractivity contribution in [3.8, 4) is 0 Å². The van der Waals surface area contributed by atoms with Crippen molar-refractivity contribution in [2.24, 2.45) is 0 Å². The minimum Gasteiger partial charge on any atom is -0.238 e. The summed E-state index contributed by atoms with van der Waals surface area (Å²) in [6, 6.07) is 7.78. The standard InChI is InChI=1S/C10H10BrF/c11-7-10(12)6-5-8-3-1-2-4-9(8)10/h1-4H,5-7H2. The number of benzene rings is 1. The molecule has 0 aromatic heterocycles. The number of halogens is 2. The monoisotopic (exact) mass is 228 g/mol. The van der Waals surface area contributed by atoms with E-state index >= 15 is 0 Å². The van der Waals surface area contributed by atoms with Crippen LogP contribution in [0.2, 0.25) is 0 Å². The van der Waals surface area contributed by atoms with Crippen LogP contribution in [0, 0.1) is 0 Å². The van der Waals surface area contributed by atoms with Gasteiger partial charge in [-0.1, -0.05) is 40.2 Å². The van der Waals surface area contributed by atoms with Crippen LogP contribution < -0.4 is 0 Å². The minimum absolute atomic E-state index is 0.414. The van der Waals surface area contributed by atoms with Gasteiger partial charge in [-0.3, -0.25) is 0 Å². The van der Waals surface area contributed by atoms with E-state index in [1.54, 1.807) is 0 Å². The molecule has 0 spiro atoms. The maximum atomic E-state index is 14.0. The highest BCUT2D eigenvalue weighted by Gasteiger charge is 2.37. The minimum atomic E-state index is -1.11. The molecule has 0 heterocycles. The normalized spacial score (nSPS) is 27.2. The van der Waals surface area contributed by atoms with E-state index in [-0.39, 0.29) is 0 Å². The second-order valence-electron chi connectivity index (χ2n) is 3.26. The third-order valence-electron chi connectivity index (χ3n) is 2.50. The second-order valence-corrected chi connectivity index (χ2v) is 3.82. The van der Waals surface area contributed by atoms with Gasteiger partial charge in [-0.05, 0) is 24.0 Å². The van der Waals surface area contributed by atoms with Crippen molar-refractivity contribution in [1.82, 2.24) is 0 Å². The fourth-order valence-electron chi connectivity index (χ4n) is 1.78. The van der Waals surface area contributed by atoms with E-state index in [0.29, 0.717) is 11.8 Å². The number of fused-ring (bicyclic) bond motifs is 1. The lowest BCUT2D eigenvalue weighted by molar-refractivity contribution is 0.202. The van der Waals surface area contributed by atoms with Crippen molar-refractivity contribution in [2.75, 3.05) is 5.33 Å². The van der Waals surface area contributed by atoms with Crippen molar-refractivity contribution in [3.63, 3.8) is 0 Å². The Morgan fingerprint density at radius 1 is 1.42 bits per heavy atom. The zero-order valence-corrected chi connectivity index (χ0v) is 8.27. The van der Waals surface area contributed by atoms with E-state index < -0.39 is 5.67 Å². The number of aryl methyl sites for hydroxylation is 1. The van der Waals surface area contributed by atoms with E-state index in [9.17, 15) is 4.39 Å². The van der Waals surface area contributed by atoms with E-state index in [4.69, 9.17) is 0 Å². The van der Waals surface area contributed by atoms with Crippen LogP contribution >= 0.6 is 15.9 Å². The lowest BCUT2D eigenvalue weighted by Gasteiger charge is -2.16. The van der Waals surface area contributed by atoms with Crippen molar-refractivity contribution in [3.05, 3.63) is 35.4 Å². The first-order chi connectivity index (χ1) is 5.76. The first-order valence-corrected chi connectivity index (χ1v) is 5.22. The Hall–Kier alpha value is -0.370. The van der Waals surface area contributed by atoms with E-state index in [1.807, 2.05) is 24.3 Å². The summed E-state index contributed by atoms with van der Waals surface area (Å²) >= 11 is 3.23. The Kier molecular flexibility index (Phi) is 1.95. The fourth-order valence-corrected chi connectivity index (χ4v) is 2.36. The predicted molar refractivity (Wildman–Crippen MR) is 51.3 cm³/mol. The maximum Gasteiger partial charge on any atom is 0.146 e. The summed E-state index contributed by atoms with van der Waals surface area (Å²) in [5.41, 5.74) is 0.928. The first-order valence-electron chi connectivity index (χ1n) is 4.09. The smallest absolute Gasteiger partial charge is 0.146 e. The zero-order valence-electron chi connectivity index (χ0n) is 6.69. The third kappa shape index (κ3) is 1.09. The van der Waals surface area contributed by atoms with Gasteiger partial charge in [0.2, 0.25) is 0 Å². The van der Waals surface area contributed by atoms with Crippen LogP contribution in [0.4, 0.5) is 4.39 Å². The molecule has 0 radical (unpaired) electrons. The highest BCUT2D eigenvalue weighted by Crippen LogP contribution is 2.41. The topological polar surface area (TPSA) is 0 Å². The van der Waals surface area contributed by atoms with Gasteiger partial charge in [0.25, 0.3) is 0 Å². The molecule has 1 aromatic rings. The summed E-state index contributed by atoms with van der Waals surface area (Å²) in [6.07, 6.45) is 1.50. The molecule has 12 heavy (non-hydrogen) atoms. The van der Waals surface area contributed by atoms with Gasteiger partial charge in [0.05, 0.1) is 0 Å². The quantitative estimate of drug-likeness (QED) is 0.648. The van der Waals surface area contributed by atoms with Crippen molar-refractivity contribution >= 4 is 15.9 Å². The van der Waals surface area contributed by atoms with Crippen LogP contribution in [0.25, 0.3) is 0 Å².